The first-order valence-corrected chi connectivity index (χ1v) is 7.67. The van der Waals surface area contributed by atoms with Crippen molar-refractivity contribution in [3.8, 4) is 12.3 Å². The van der Waals surface area contributed by atoms with Crippen LogP contribution in [0.4, 0.5) is 0 Å². The van der Waals surface area contributed by atoms with Gasteiger partial charge in [0.25, 0.3) is 0 Å². The minimum absolute atomic E-state index is 0.665. The van der Waals surface area contributed by atoms with Crippen LogP contribution in [0.5, 0.6) is 0 Å². The highest BCUT2D eigenvalue weighted by Crippen LogP contribution is 2.37. The van der Waals surface area contributed by atoms with Crippen LogP contribution in [-0.4, -0.2) is 16.1 Å². The Labute approximate surface area is 103 Å². The number of hydrogen-bond donors (Lipinski definition) is 0. The third-order valence-corrected chi connectivity index (χ3v) is 5.67. The van der Waals surface area contributed by atoms with Gasteiger partial charge >= 0.3 is 0 Å². The molecule has 15 heavy (non-hydrogen) atoms. The average Bonchev–Trinajstić information content (AvgIpc) is 2.25. The highest BCUT2D eigenvalue weighted by molar-refractivity contribution is 8.17. The molecular formula is C13H20S2. The number of terminal acetylenes is 1. The maximum atomic E-state index is 5.20. The fourth-order valence-corrected chi connectivity index (χ4v) is 4.73. The van der Waals surface area contributed by atoms with Gasteiger partial charge in [0, 0.05) is 6.42 Å². The summed E-state index contributed by atoms with van der Waals surface area (Å²) in [7, 11) is 0. The molecule has 0 bridgehead atoms. The lowest BCUT2D eigenvalue weighted by molar-refractivity contribution is 0.470. The molecule has 0 amide bonds. The van der Waals surface area contributed by atoms with E-state index in [1.54, 1.807) is 0 Å². The highest BCUT2D eigenvalue weighted by Gasteiger charge is 2.22. The van der Waals surface area contributed by atoms with Gasteiger partial charge in [-0.05, 0) is 29.8 Å². The molecule has 1 aliphatic rings. The standard InChI is InChI=1S/C13H20S2/c1-4-5-6-7-8-13-14-9-12(10-15-13)11(2)3/h1,7-8,11-13H,5-6,9-10H2,2-3H3/b8-7+. The van der Waals surface area contributed by atoms with E-state index in [0.717, 1.165) is 24.7 Å². The first-order valence-electron chi connectivity index (χ1n) is 5.57. The van der Waals surface area contributed by atoms with E-state index in [1.165, 1.54) is 11.5 Å². The van der Waals surface area contributed by atoms with Crippen LogP contribution in [0.15, 0.2) is 12.2 Å². The zero-order valence-corrected chi connectivity index (χ0v) is 11.2. The predicted octanol–water partition coefficient (Wildman–Crippen LogP) is 4.03. The van der Waals surface area contributed by atoms with Crippen molar-refractivity contribution >= 4 is 23.5 Å². The van der Waals surface area contributed by atoms with Gasteiger partial charge in [0.1, 0.15) is 0 Å². The number of rotatable bonds is 4. The van der Waals surface area contributed by atoms with Crippen LogP contribution in [0.25, 0.3) is 0 Å². The highest BCUT2D eigenvalue weighted by atomic mass is 32.2. The van der Waals surface area contributed by atoms with Gasteiger partial charge in [-0.15, -0.1) is 35.9 Å². The molecule has 1 rings (SSSR count). The van der Waals surface area contributed by atoms with Gasteiger partial charge in [-0.1, -0.05) is 26.0 Å². The Hall–Kier alpha value is -0.000000000000000111. The molecule has 0 aromatic carbocycles. The average molecular weight is 240 g/mol. The van der Waals surface area contributed by atoms with E-state index in [-0.39, 0.29) is 0 Å². The lowest BCUT2D eigenvalue weighted by atomic mass is 10.0. The van der Waals surface area contributed by atoms with Gasteiger partial charge in [0.05, 0.1) is 4.58 Å². The molecule has 84 valence electrons. The van der Waals surface area contributed by atoms with Crippen molar-refractivity contribution in [1.82, 2.24) is 0 Å². The van der Waals surface area contributed by atoms with Crippen molar-refractivity contribution in [3.05, 3.63) is 12.2 Å². The molecular weight excluding hydrogens is 220 g/mol. The zero-order valence-electron chi connectivity index (χ0n) is 9.61. The second-order valence-electron chi connectivity index (χ2n) is 4.21. The van der Waals surface area contributed by atoms with Crippen LogP contribution in [-0.2, 0) is 0 Å². The summed E-state index contributed by atoms with van der Waals surface area (Å²) >= 11 is 4.16. The van der Waals surface area contributed by atoms with Gasteiger partial charge in [-0.2, -0.15) is 0 Å². The summed E-state index contributed by atoms with van der Waals surface area (Å²) in [5.74, 6) is 7.02. The molecule has 0 unspecified atom stereocenters. The van der Waals surface area contributed by atoms with Crippen molar-refractivity contribution in [2.45, 2.75) is 31.3 Å². The molecule has 1 fully saturated rings. The van der Waals surface area contributed by atoms with Crippen molar-refractivity contribution in [2.75, 3.05) is 11.5 Å². The topological polar surface area (TPSA) is 0 Å². The Kier molecular flexibility index (Phi) is 6.36. The SMILES string of the molecule is C#CCC/C=C/C1SCC(C(C)C)CS1. The Morgan fingerprint density at radius 3 is 2.60 bits per heavy atom. The molecule has 0 atom stereocenters. The quantitative estimate of drug-likeness (QED) is 0.413. The summed E-state index contributed by atoms with van der Waals surface area (Å²) in [6.45, 7) is 4.66. The monoisotopic (exact) mass is 240 g/mol. The second kappa shape index (κ2) is 7.30. The number of thioether (sulfide) groups is 2. The molecule has 0 aliphatic carbocycles. The smallest absolute Gasteiger partial charge is 0.0682 e. The summed E-state index contributed by atoms with van der Waals surface area (Å²) < 4.78 is 0.665. The number of allylic oxidation sites excluding steroid dienone is 1. The van der Waals surface area contributed by atoms with Crippen molar-refractivity contribution in [3.63, 3.8) is 0 Å². The zero-order chi connectivity index (χ0) is 11.1. The fourth-order valence-electron chi connectivity index (χ4n) is 1.40. The third kappa shape index (κ3) is 5.04. The van der Waals surface area contributed by atoms with E-state index in [2.05, 4.69) is 55.4 Å². The number of unbranched alkanes of at least 4 members (excludes halogenated alkanes) is 1. The normalized spacial score (nSPS) is 27.1. The predicted molar refractivity (Wildman–Crippen MR) is 74.2 cm³/mol. The Morgan fingerprint density at radius 1 is 1.40 bits per heavy atom. The van der Waals surface area contributed by atoms with Gasteiger partial charge in [-0.3, -0.25) is 0 Å². The molecule has 2 heteroatoms. The summed E-state index contributed by atoms with van der Waals surface area (Å²) in [6.07, 6.45) is 11.7. The lowest BCUT2D eigenvalue weighted by Gasteiger charge is -2.28. The molecule has 0 aromatic heterocycles. The Bertz CT molecular complexity index is 229. The summed E-state index contributed by atoms with van der Waals surface area (Å²) in [5.41, 5.74) is 0. The summed E-state index contributed by atoms with van der Waals surface area (Å²) in [6, 6.07) is 0. The van der Waals surface area contributed by atoms with Crippen LogP contribution in [0.3, 0.4) is 0 Å². The van der Waals surface area contributed by atoms with Crippen LogP contribution in [0, 0.1) is 24.2 Å². The number of hydrogen-bond acceptors (Lipinski definition) is 2. The van der Waals surface area contributed by atoms with Gasteiger partial charge < -0.3 is 0 Å². The second-order valence-corrected chi connectivity index (χ2v) is 6.86. The van der Waals surface area contributed by atoms with Crippen LogP contribution >= 0.6 is 23.5 Å². The molecule has 0 aromatic rings. The van der Waals surface area contributed by atoms with Crippen LogP contribution in [0.2, 0.25) is 0 Å². The van der Waals surface area contributed by atoms with E-state index < -0.39 is 0 Å². The first-order chi connectivity index (χ1) is 7.24. The fraction of sp³-hybridized carbons (Fsp3) is 0.692. The largest absolute Gasteiger partial charge is 0.143 e. The molecule has 0 spiro atoms. The van der Waals surface area contributed by atoms with Crippen molar-refractivity contribution < 1.29 is 0 Å². The molecule has 0 nitrogen and oxygen atoms in total. The van der Waals surface area contributed by atoms with E-state index in [4.69, 9.17) is 6.42 Å². The third-order valence-electron chi connectivity index (χ3n) is 2.64. The Morgan fingerprint density at radius 2 is 2.07 bits per heavy atom. The van der Waals surface area contributed by atoms with Crippen LogP contribution in [0.1, 0.15) is 26.7 Å². The van der Waals surface area contributed by atoms with Crippen molar-refractivity contribution in [2.24, 2.45) is 11.8 Å². The molecule has 1 saturated heterocycles. The molecule has 0 saturated carbocycles. The maximum Gasteiger partial charge on any atom is 0.0682 e. The van der Waals surface area contributed by atoms with E-state index in [1.807, 2.05) is 0 Å². The maximum absolute atomic E-state index is 5.20. The molecule has 0 N–H and O–H groups in total. The summed E-state index contributed by atoms with van der Waals surface area (Å²) in [5, 5.41) is 0. The van der Waals surface area contributed by atoms with Crippen molar-refractivity contribution in [1.29, 1.82) is 0 Å². The van der Waals surface area contributed by atoms with Gasteiger partial charge in [0.15, 0.2) is 0 Å². The summed E-state index contributed by atoms with van der Waals surface area (Å²) in [4.78, 5) is 0. The lowest BCUT2D eigenvalue weighted by Crippen LogP contribution is -2.21. The van der Waals surface area contributed by atoms with E-state index >= 15 is 0 Å². The van der Waals surface area contributed by atoms with Gasteiger partial charge in [0.2, 0.25) is 0 Å². The van der Waals surface area contributed by atoms with E-state index in [9.17, 15) is 0 Å². The minimum atomic E-state index is 0.665. The van der Waals surface area contributed by atoms with E-state index in [0.29, 0.717) is 4.58 Å². The van der Waals surface area contributed by atoms with Crippen LogP contribution < -0.4 is 0 Å². The molecule has 1 aliphatic heterocycles. The molecule has 0 radical (unpaired) electrons. The Balaban J connectivity index is 2.20. The minimum Gasteiger partial charge on any atom is -0.143 e. The first kappa shape index (κ1) is 13.1. The van der Waals surface area contributed by atoms with Gasteiger partial charge in [-0.25, -0.2) is 0 Å². The molecule has 1 heterocycles.